The highest BCUT2D eigenvalue weighted by Gasteiger charge is 2.36. The number of carbonyl (C=O) groups excluding carboxylic acids is 1. The summed E-state index contributed by atoms with van der Waals surface area (Å²) in [6, 6.07) is 0. The van der Waals surface area contributed by atoms with Crippen molar-refractivity contribution in [1.82, 2.24) is 35.3 Å². The lowest BCUT2D eigenvalue weighted by molar-refractivity contribution is -0.138. The lowest BCUT2D eigenvalue weighted by atomic mass is 10.3. The van der Waals surface area contributed by atoms with Crippen molar-refractivity contribution in [2.45, 2.75) is 19.1 Å². The van der Waals surface area contributed by atoms with E-state index in [1.165, 1.54) is 11.0 Å². The number of aromatic nitrogens is 6. The van der Waals surface area contributed by atoms with Crippen molar-refractivity contribution >= 4 is 22.4 Å². The van der Waals surface area contributed by atoms with E-state index in [2.05, 4.69) is 25.7 Å². The van der Waals surface area contributed by atoms with Crippen LogP contribution in [0.4, 0.5) is 18.3 Å². The Balaban J connectivity index is 1.50. The van der Waals surface area contributed by atoms with Crippen LogP contribution < -0.4 is 4.90 Å². The molecule has 1 aliphatic rings. The first-order valence-corrected chi connectivity index (χ1v) is 7.89. The summed E-state index contributed by atoms with van der Waals surface area (Å²) >= 11 is 0.514. The van der Waals surface area contributed by atoms with Crippen LogP contribution in [0.2, 0.25) is 0 Å². The molecule has 0 bridgehead atoms. The van der Waals surface area contributed by atoms with Crippen molar-refractivity contribution in [2.75, 3.05) is 31.1 Å². The highest BCUT2D eigenvalue weighted by atomic mass is 32.1. The van der Waals surface area contributed by atoms with Crippen LogP contribution in [0.5, 0.6) is 0 Å². The van der Waals surface area contributed by atoms with Crippen LogP contribution in [0.15, 0.2) is 6.33 Å². The normalized spacial score (nSPS) is 15.8. The fourth-order valence-corrected chi connectivity index (χ4v) is 3.02. The first-order valence-electron chi connectivity index (χ1n) is 7.07. The molecule has 1 aliphatic heterocycles. The zero-order valence-corrected chi connectivity index (χ0v) is 13.2. The van der Waals surface area contributed by atoms with E-state index >= 15 is 0 Å². The van der Waals surface area contributed by atoms with Gasteiger partial charge in [0, 0.05) is 32.6 Å². The van der Waals surface area contributed by atoms with Crippen LogP contribution in [-0.4, -0.2) is 67.4 Å². The van der Waals surface area contributed by atoms with Gasteiger partial charge in [-0.3, -0.25) is 4.79 Å². The number of amides is 1. The monoisotopic (exact) mass is 362 g/mol. The van der Waals surface area contributed by atoms with Crippen molar-refractivity contribution in [3.8, 4) is 0 Å². The minimum atomic E-state index is -4.48. The summed E-state index contributed by atoms with van der Waals surface area (Å²) in [6.45, 7) is 2.08. The van der Waals surface area contributed by atoms with E-state index < -0.39 is 11.2 Å². The maximum Gasteiger partial charge on any atom is 0.445 e. The SMILES string of the molecule is O=C(CCn1cnnn1)N1CCN(c2nnc(C(F)(F)F)s2)CC1. The lowest BCUT2D eigenvalue weighted by Gasteiger charge is -2.34. The molecule has 0 aromatic carbocycles. The molecule has 0 radical (unpaired) electrons. The molecular weight excluding hydrogens is 349 g/mol. The maximum absolute atomic E-state index is 12.6. The predicted octanol–water partition coefficient (Wildman–Crippen LogP) is 0.282. The van der Waals surface area contributed by atoms with Gasteiger partial charge in [0.2, 0.25) is 16.0 Å². The molecule has 9 nitrogen and oxygen atoms in total. The Morgan fingerprint density at radius 3 is 2.54 bits per heavy atom. The highest BCUT2D eigenvalue weighted by molar-refractivity contribution is 7.15. The lowest BCUT2D eigenvalue weighted by Crippen LogP contribution is -2.49. The number of hydrogen-bond donors (Lipinski definition) is 0. The summed E-state index contributed by atoms with van der Waals surface area (Å²) in [5, 5.41) is 16.7. The fourth-order valence-electron chi connectivity index (χ4n) is 2.26. The number of aryl methyl sites for hydroxylation is 1. The number of halogens is 3. The minimum absolute atomic E-state index is 0.0432. The number of tetrazole rings is 1. The molecule has 0 spiro atoms. The van der Waals surface area contributed by atoms with Gasteiger partial charge in [0.25, 0.3) is 0 Å². The van der Waals surface area contributed by atoms with Crippen LogP contribution in [-0.2, 0) is 17.5 Å². The predicted molar refractivity (Wildman–Crippen MR) is 76.1 cm³/mol. The number of anilines is 1. The first kappa shape index (κ1) is 16.5. The van der Waals surface area contributed by atoms with E-state index in [4.69, 9.17) is 0 Å². The molecule has 2 aromatic heterocycles. The van der Waals surface area contributed by atoms with Gasteiger partial charge in [-0.05, 0) is 10.4 Å². The zero-order chi connectivity index (χ0) is 17.2. The summed E-state index contributed by atoms with van der Waals surface area (Å²) < 4.78 is 39.1. The molecule has 0 atom stereocenters. The van der Waals surface area contributed by atoms with E-state index in [0.717, 1.165) is 0 Å². The Bertz CT molecular complexity index is 680. The molecule has 0 aliphatic carbocycles. The van der Waals surface area contributed by atoms with Gasteiger partial charge < -0.3 is 9.80 Å². The molecule has 24 heavy (non-hydrogen) atoms. The van der Waals surface area contributed by atoms with Crippen LogP contribution in [0.1, 0.15) is 11.4 Å². The molecule has 3 rings (SSSR count). The standard InChI is InChI=1S/C11H13F3N8OS/c12-11(13,14)9-16-17-10(24-9)21-5-3-20(4-6-21)8(23)1-2-22-7-15-18-19-22/h7H,1-6H2. The minimum Gasteiger partial charge on any atom is -0.343 e. The molecule has 0 unspecified atom stereocenters. The third-order valence-electron chi connectivity index (χ3n) is 3.51. The number of piperazine rings is 1. The number of hydrogen-bond acceptors (Lipinski definition) is 8. The van der Waals surface area contributed by atoms with Crippen molar-refractivity contribution in [2.24, 2.45) is 0 Å². The third-order valence-corrected chi connectivity index (χ3v) is 4.53. The molecular formula is C11H13F3N8OS. The molecule has 1 fully saturated rings. The molecule has 2 aromatic rings. The number of nitrogens with zero attached hydrogens (tertiary/aromatic N) is 8. The van der Waals surface area contributed by atoms with E-state index in [0.29, 0.717) is 44.1 Å². The molecule has 1 saturated heterocycles. The molecule has 130 valence electrons. The second-order valence-electron chi connectivity index (χ2n) is 5.08. The number of rotatable bonds is 4. The summed E-state index contributed by atoms with van der Waals surface area (Å²) in [4.78, 5) is 15.5. The molecule has 13 heteroatoms. The van der Waals surface area contributed by atoms with E-state index in [9.17, 15) is 18.0 Å². The van der Waals surface area contributed by atoms with Crippen molar-refractivity contribution in [3.63, 3.8) is 0 Å². The highest BCUT2D eigenvalue weighted by Crippen LogP contribution is 2.34. The van der Waals surface area contributed by atoms with Gasteiger partial charge in [0.15, 0.2) is 0 Å². The molecule has 3 heterocycles. The second-order valence-corrected chi connectivity index (χ2v) is 6.03. The third kappa shape index (κ3) is 3.77. The van der Waals surface area contributed by atoms with Gasteiger partial charge in [0.1, 0.15) is 6.33 Å². The van der Waals surface area contributed by atoms with Crippen molar-refractivity contribution in [3.05, 3.63) is 11.3 Å². The Labute approximate surface area is 138 Å². The van der Waals surface area contributed by atoms with Gasteiger partial charge in [-0.2, -0.15) is 13.2 Å². The van der Waals surface area contributed by atoms with Gasteiger partial charge >= 0.3 is 6.18 Å². The molecule has 1 amide bonds. The summed E-state index contributed by atoms with van der Waals surface area (Å²) in [7, 11) is 0. The zero-order valence-electron chi connectivity index (χ0n) is 12.3. The Kier molecular flexibility index (Phi) is 4.59. The van der Waals surface area contributed by atoms with Gasteiger partial charge in [-0.1, -0.05) is 11.3 Å². The fraction of sp³-hybridized carbons (Fsp3) is 0.636. The van der Waals surface area contributed by atoms with Crippen LogP contribution in [0.25, 0.3) is 0 Å². The summed E-state index contributed by atoms with van der Waals surface area (Å²) in [6.07, 6.45) is -2.79. The van der Waals surface area contributed by atoms with Crippen molar-refractivity contribution < 1.29 is 18.0 Å². The molecule has 0 saturated carbocycles. The smallest absolute Gasteiger partial charge is 0.343 e. The average Bonchev–Trinajstić information content (AvgIpc) is 3.23. The van der Waals surface area contributed by atoms with Gasteiger partial charge in [0.05, 0.1) is 6.54 Å². The Hall–Kier alpha value is -2.31. The van der Waals surface area contributed by atoms with Gasteiger partial charge in [-0.25, -0.2) is 4.68 Å². The van der Waals surface area contributed by atoms with Crippen LogP contribution >= 0.6 is 11.3 Å². The largest absolute Gasteiger partial charge is 0.445 e. The summed E-state index contributed by atoms with van der Waals surface area (Å²) in [5.41, 5.74) is 0. The maximum atomic E-state index is 12.6. The van der Waals surface area contributed by atoms with Crippen molar-refractivity contribution in [1.29, 1.82) is 0 Å². The first-order chi connectivity index (χ1) is 11.4. The summed E-state index contributed by atoms with van der Waals surface area (Å²) in [5.74, 6) is -0.0432. The Morgan fingerprint density at radius 2 is 1.96 bits per heavy atom. The number of carbonyl (C=O) groups is 1. The second kappa shape index (κ2) is 6.67. The van der Waals surface area contributed by atoms with E-state index in [-0.39, 0.29) is 17.5 Å². The average molecular weight is 362 g/mol. The Morgan fingerprint density at radius 1 is 1.21 bits per heavy atom. The van der Waals surface area contributed by atoms with E-state index in [1.807, 2.05) is 0 Å². The quantitative estimate of drug-likeness (QED) is 0.771. The van der Waals surface area contributed by atoms with Crippen LogP contribution in [0, 0.1) is 0 Å². The van der Waals surface area contributed by atoms with Crippen LogP contribution in [0.3, 0.4) is 0 Å². The van der Waals surface area contributed by atoms with Gasteiger partial charge in [-0.15, -0.1) is 15.3 Å². The van der Waals surface area contributed by atoms with E-state index in [1.54, 1.807) is 9.80 Å². The molecule has 0 N–H and O–H groups in total. The topological polar surface area (TPSA) is 92.9 Å². The number of alkyl halides is 3.